The largest absolute Gasteiger partial charge is 0.462 e. The van der Waals surface area contributed by atoms with E-state index in [1.807, 2.05) is 5.57 Å². The zero-order chi connectivity index (χ0) is 24.9. The fraction of sp³-hybridized carbons (Fsp3) is 0.906. The van der Waals surface area contributed by atoms with Crippen LogP contribution in [0.3, 0.4) is 0 Å². The number of hydrogen-bond donors (Lipinski definition) is 0. The predicted molar refractivity (Wildman–Crippen MR) is 140 cm³/mol. The lowest BCUT2D eigenvalue weighted by Crippen LogP contribution is -2.65. The number of allylic oxidation sites excluding steroid dienone is 2. The van der Waals surface area contributed by atoms with Gasteiger partial charge in [0.1, 0.15) is 6.10 Å². The number of fused-ring (bicyclic) bond motifs is 7. The molecule has 0 radical (unpaired) electrons. The van der Waals surface area contributed by atoms with Crippen molar-refractivity contribution < 1.29 is 9.53 Å². The van der Waals surface area contributed by atoms with E-state index in [-0.39, 0.29) is 17.5 Å². The van der Waals surface area contributed by atoms with Crippen LogP contribution in [0.5, 0.6) is 0 Å². The van der Waals surface area contributed by atoms with Gasteiger partial charge in [-0.1, -0.05) is 67.0 Å². The molecule has 0 heterocycles. The van der Waals surface area contributed by atoms with Crippen LogP contribution in [-0.4, -0.2) is 12.1 Å². The van der Waals surface area contributed by atoms with E-state index in [4.69, 9.17) is 4.74 Å². The Morgan fingerprint density at radius 1 is 0.882 bits per heavy atom. The minimum atomic E-state index is -0.110. The molecular weight excluding hydrogens is 416 g/mol. The first-order valence-corrected chi connectivity index (χ1v) is 14.6. The van der Waals surface area contributed by atoms with Crippen LogP contribution in [0.15, 0.2) is 11.6 Å². The lowest BCUT2D eigenvalue weighted by atomic mass is 9.33. The Morgan fingerprint density at radius 2 is 1.59 bits per heavy atom. The van der Waals surface area contributed by atoms with Crippen molar-refractivity contribution in [1.82, 2.24) is 0 Å². The van der Waals surface area contributed by atoms with Crippen LogP contribution in [0.2, 0.25) is 0 Å². The average molecular weight is 469 g/mol. The van der Waals surface area contributed by atoms with Gasteiger partial charge in [0.05, 0.1) is 0 Å². The SMILES string of the molecule is CC(=O)O[C@H]1CC[C@@]2(C)[C@H](CC[C@@]3(C)[C@@H]2CC=C2[C@H]4[C@H](C)[C@@H](C)CC[C@]4(C)CC[C@]23C)C1(C)C. The summed E-state index contributed by atoms with van der Waals surface area (Å²) in [5, 5.41) is 0. The molecule has 5 aliphatic rings. The number of ether oxygens (including phenoxy) is 1. The summed E-state index contributed by atoms with van der Waals surface area (Å²) in [5.74, 6) is 3.66. The van der Waals surface area contributed by atoms with Gasteiger partial charge in [0.25, 0.3) is 0 Å². The summed E-state index contributed by atoms with van der Waals surface area (Å²) in [7, 11) is 0. The van der Waals surface area contributed by atoms with E-state index >= 15 is 0 Å². The van der Waals surface area contributed by atoms with Crippen LogP contribution in [-0.2, 0) is 9.53 Å². The normalized spacial score (nSPS) is 54.0. The molecule has 5 aliphatic carbocycles. The Balaban J connectivity index is 1.54. The molecule has 0 aliphatic heterocycles. The van der Waals surface area contributed by atoms with E-state index in [0.29, 0.717) is 27.6 Å². The molecule has 0 spiro atoms. The van der Waals surface area contributed by atoms with Crippen LogP contribution >= 0.6 is 0 Å². The van der Waals surface area contributed by atoms with Crippen molar-refractivity contribution in [3.05, 3.63) is 11.6 Å². The monoisotopic (exact) mass is 468 g/mol. The molecule has 4 saturated carbocycles. The van der Waals surface area contributed by atoms with Crippen LogP contribution in [0.4, 0.5) is 0 Å². The molecule has 0 aromatic rings. The highest BCUT2D eigenvalue weighted by molar-refractivity contribution is 5.66. The third-order valence-electron chi connectivity index (χ3n) is 13.6. The van der Waals surface area contributed by atoms with Crippen LogP contribution in [0.1, 0.15) is 120 Å². The van der Waals surface area contributed by atoms with Gasteiger partial charge < -0.3 is 4.74 Å². The summed E-state index contributed by atoms with van der Waals surface area (Å²) < 4.78 is 5.91. The first-order valence-electron chi connectivity index (χ1n) is 14.6. The molecule has 0 unspecified atom stereocenters. The third-order valence-corrected chi connectivity index (χ3v) is 13.6. The van der Waals surface area contributed by atoms with Gasteiger partial charge in [-0.25, -0.2) is 0 Å². The molecular formula is C32H52O2. The first kappa shape index (κ1) is 24.9. The van der Waals surface area contributed by atoms with Gasteiger partial charge in [0, 0.05) is 12.3 Å². The van der Waals surface area contributed by atoms with Gasteiger partial charge in [-0.2, -0.15) is 0 Å². The second-order valence-electron chi connectivity index (χ2n) is 15.3. The summed E-state index contributed by atoms with van der Waals surface area (Å²) >= 11 is 0. The molecule has 0 aromatic heterocycles. The Labute approximate surface area is 210 Å². The minimum Gasteiger partial charge on any atom is -0.462 e. The Bertz CT molecular complexity index is 885. The Hall–Kier alpha value is -0.790. The fourth-order valence-corrected chi connectivity index (χ4v) is 11.2. The molecule has 0 bridgehead atoms. The van der Waals surface area contributed by atoms with E-state index in [0.717, 1.165) is 30.1 Å². The second kappa shape index (κ2) is 7.61. The van der Waals surface area contributed by atoms with Gasteiger partial charge in [-0.15, -0.1) is 0 Å². The molecule has 0 saturated heterocycles. The highest BCUT2D eigenvalue weighted by Gasteiger charge is 2.68. The topological polar surface area (TPSA) is 26.3 Å². The van der Waals surface area contributed by atoms with Crippen molar-refractivity contribution >= 4 is 5.97 Å². The van der Waals surface area contributed by atoms with Crippen molar-refractivity contribution in [2.45, 2.75) is 126 Å². The Kier molecular flexibility index (Phi) is 5.57. The van der Waals surface area contributed by atoms with Crippen molar-refractivity contribution in [2.24, 2.45) is 56.7 Å². The summed E-state index contributed by atoms with van der Waals surface area (Å²) in [6.45, 7) is 22.1. The summed E-state index contributed by atoms with van der Waals surface area (Å²) in [4.78, 5) is 11.9. The molecule has 10 atom stereocenters. The summed E-state index contributed by atoms with van der Waals surface area (Å²) in [6, 6.07) is 0. The van der Waals surface area contributed by atoms with Gasteiger partial charge in [0.15, 0.2) is 0 Å². The predicted octanol–water partition coefficient (Wildman–Crippen LogP) is 8.60. The molecule has 192 valence electrons. The fourth-order valence-electron chi connectivity index (χ4n) is 11.2. The molecule has 34 heavy (non-hydrogen) atoms. The highest BCUT2D eigenvalue weighted by atomic mass is 16.5. The van der Waals surface area contributed by atoms with E-state index in [1.165, 1.54) is 51.4 Å². The minimum absolute atomic E-state index is 0.0450. The first-order chi connectivity index (χ1) is 15.7. The van der Waals surface area contributed by atoms with Crippen LogP contribution < -0.4 is 0 Å². The number of esters is 1. The van der Waals surface area contributed by atoms with Crippen LogP contribution in [0.25, 0.3) is 0 Å². The highest BCUT2D eigenvalue weighted by Crippen LogP contribution is 2.75. The molecule has 2 heteroatoms. The number of hydrogen-bond acceptors (Lipinski definition) is 2. The zero-order valence-corrected chi connectivity index (χ0v) is 23.7. The third kappa shape index (κ3) is 3.08. The average Bonchev–Trinajstić information content (AvgIpc) is 2.74. The summed E-state index contributed by atoms with van der Waals surface area (Å²) in [5.41, 5.74) is 3.44. The molecule has 0 N–H and O–H groups in total. The Morgan fingerprint density at radius 3 is 2.26 bits per heavy atom. The molecule has 4 fully saturated rings. The zero-order valence-electron chi connectivity index (χ0n) is 23.7. The molecule has 0 aromatic carbocycles. The van der Waals surface area contributed by atoms with E-state index in [9.17, 15) is 4.79 Å². The van der Waals surface area contributed by atoms with Gasteiger partial charge >= 0.3 is 5.97 Å². The van der Waals surface area contributed by atoms with Gasteiger partial charge in [-0.3, -0.25) is 4.79 Å². The van der Waals surface area contributed by atoms with Crippen molar-refractivity contribution in [3.63, 3.8) is 0 Å². The van der Waals surface area contributed by atoms with E-state index < -0.39 is 0 Å². The van der Waals surface area contributed by atoms with Crippen molar-refractivity contribution in [1.29, 1.82) is 0 Å². The maximum Gasteiger partial charge on any atom is 0.302 e. The molecule has 5 rings (SSSR count). The van der Waals surface area contributed by atoms with Gasteiger partial charge in [0.2, 0.25) is 0 Å². The lowest BCUT2D eigenvalue weighted by molar-refractivity contribution is -0.212. The smallest absolute Gasteiger partial charge is 0.302 e. The van der Waals surface area contributed by atoms with Crippen LogP contribution in [0, 0.1) is 56.7 Å². The maximum atomic E-state index is 11.9. The molecule has 0 amide bonds. The number of carbonyl (C=O) groups excluding carboxylic acids is 1. The van der Waals surface area contributed by atoms with E-state index in [1.54, 1.807) is 6.92 Å². The number of carbonyl (C=O) groups is 1. The number of rotatable bonds is 1. The second-order valence-corrected chi connectivity index (χ2v) is 15.3. The van der Waals surface area contributed by atoms with Gasteiger partial charge in [-0.05, 0) is 109 Å². The van der Waals surface area contributed by atoms with Crippen molar-refractivity contribution in [3.8, 4) is 0 Å². The lowest BCUT2D eigenvalue weighted by Gasteiger charge is -2.71. The van der Waals surface area contributed by atoms with E-state index in [2.05, 4.69) is 61.5 Å². The van der Waals surface area contributed by atoms with Crippen molar-refractivity contribution in [2.75, 3.05) is 0 Å². The quantitative estimate of drug-likeness (QED) is 0.284. The molecule has 2 nitrogen and oxygen atoms in total. The maximum absolute atomic E-state index is 11.9. The summed E-state index contributed by atoms with van der Waals surface area (Å²) in [6.07, 6.45) is 14.6. The standard InChI is InChI=1S/C32H52O2/c1-20-12-15-29(6)18-19-31(8)23(27(29)21(20)2)10-11-25-30(7)16-14-26(34-22(3)33)28(4,5)24(30)13-17-32(25,31)9/h10,20-21,24-27H,11-19H2,1-9H3/t20-,21+,24+,25+,26-,27+,29+,30-,31+,32-/m0/s1.